The van der Waals surface area contributed by atoms with Crippen molar-refractivity contribution in [3.8, 4) is 56.2 Å². The molecule has 0 amide bonds. The van der Waals surface area contributed by atoms with Crippen molar-refractivity contribution < 1.29 is 0 Å². The van der Waals surface area contributed by atoms with E-state index in [1.165, 1.54) is 59.5 Å². The molecule has 0 fully saturated rings. The van der Waals surface area contributed by atoms with Crippen molar-refractivity contribution in [2.75, 3.05) is 0 Å². The third kappa shape index (κ3) is 4.68. The highest BCUT2D eigenvalue weighted by molar-refractivity contribution is 7.99. The molecule has 0 saturated heterocycles. The summed E-state index contributed by atoms with van der Waals surface area (Å²) in [5.41, 5.74) is 14.7. The molecular formula is C51H32N2S. The molecule has 3 heteroatoms. The highest BCUT2D eigenvalue weighted by Gasteiger charge is 2.50. The van der Waals surface area contributed by atoms with Crippen LogP contribution in [0.2, 0.25) is 0 Å². The van der Waals surface area contributed by atoms with Crippen LogP contribution in [0.3, 0.4) is 0 Å². The van der Waals surface area contributed by atoms with Crippen LogP contribution in [0.15, 0.2) is 204 Å². The number of nitrogens with zero attached hydrogens (tertiary/aromatic N) is 2. The molecule has 0 N–H and O–H groups in total. The van der Waals surface area contributed by atoms with E-state index >= 15 is 0 Å². The minimum atomic E-state index is -0.457. The van der Waals surface area contributed by atoms with Gasteiger partial charge in [-0.1, -0.05) is 188 Å². The summed E-state index contributed by atoms with van der Waals surface area (Å²) in [5.74, 6) is 0.713. The van der Waals surface area contributed by atoms with Crippen molar-refractivity contribution in [2.24, 2.45) is 0 Å². The lowest BCUT2D eigenvalue weighted by molar-refractivity contribution is 0.726. The van der Waals surface area contributed by atoms with Crippen LogP contribution in [0.1, 0.15) is 22.3 Å². The molecule has 8 aromatic carbocycles. The fraction of sp³-hybridized carbons (Fsp3) is 0.0196. The molecular weight excluding hydrogens is 673 g/mol. The lowest BCUT2D eigenvalue weighted by Crippen LogP contribution is -2.32. The van der Waals surface area contributed by atoms with Gasteiger partial charge in [-0.15, -0.1) is 0 Å². The van der Waals surface area contributed by atoms with Crippen LogP contribution in [0, 0.1) is 0 Å². The van der Waals surface area contributed by atoms with Gasteiger partial charge < -0.3 is 0 Å². The van der Waals surface area contributed by atoms with Crippen molar-refractivity contribution in [3.05, 3.63) is 216 Å². The maximum absolute atomic E-state index is 5.32. The topological polar surface area (TPSA) is 25.8 Å². The highest BCUT2D eigenvalue weighted by atomic mass is 32.2. The van der Waals surface area contributed by atoms with Gasteiger partial charge in [0.15, 0.2) is 5.82 Å². The summed E-state index contributed by atoms with van der Waals surface area (Å²) in [6, 6.07) is 70.1. The zero-order valence-electron chi connectivity index (χ0n) is 29.3. The standard InChI is InChI=1S/C51H32N2S/c1-3-14-33(15-4-1)36-19-13-20-37(30-36)47-32-46(35-17-5-2-6-18-35)52-50(53-47)38-27-28-44-48(31-38)54-49-39-21-8-7-16-34(39)26-29-45(49)51(44)42-24-11-9-22-40(42)41-23-10-12-25-43(41)51/h1-32H. The first-order valence-corrected chi connectivity index (χ1v) is 19.2. The molecule has 0 radical (unpaired) electrons. The quantitative estimate of drug-likeness (QED) is 0.182. The third-order valence-electron chi connectivity index (χ3n) is 11.2. The molecule has 1 aliphatic heterocycles. The maximum atomic E-state index is 5.32. The van der Waals surface area contributed by atoms with E-state index in [0.29, 0.717) is 5.82 Å². The fourth-order valence-corrected chi connectivity index (χ4v) is 10.1. The zero-order chi connectivity index (χ0) is 35.6. The van der Waals surface area contributed by atoms with Gasteiger partial charge >= 0.3 is 0 Å². The van der Waals surface area contributed by atoms with Crippen LogP contribution >= 0.6 is 11.8 Å². The van der Waals surface area contributed by atoms with Crippen LogP contribution in [0.4, 0.5) is 0 Å². The Morgan fingerprint density at radius 1 is 0.370 bits per heavy atom. The van der Waals surface area contributed by atoms with Crippen LogP contribution in [-0.2, 0) is 5.41 Å². The number of benzene rings is 8. The molecule has 2 heterocycles. The van der Waals surface area contributed by atoms with Gasteiger partial charge in [-0.3, -0.25) is 0 Å². The van der Waals surface area contributed by atoms with E-state index in [4.69, 9.17) is 9.97 Å². The predicted octanol–water partition coefficient (Wildman–Crippen LogP) is 13.1. The molecule has 11 rings (SSSR count). The second-order valence-corrected chi connectivity index (χ2v) is 15.1. The summed E-state index contributed by atoms with van der Waals surface area (Å²) in [7, 11) is 0. The largest absolute Gasteiger partial charge is 0.228 e. The third-order valence-corrected chi connectivity index (χ3v) is 12.4. The highest BCUT2D eigenvalue weighted by Crippen LogP contribution is 2.63. The Kier molecular flexibility index (Phi) is 7.05. The van der Waals surface area contributed by atoms with Gasteiger partial charge in [0.05, 0.1) is 16.8 Å². The summed E-state index contributed by atoms with van der Waals surface area (Å²) >= 11 is 1.88. The Balaban J connectivity index is 1.14. The lowest BCUT2D eigenvalue weighted by atomic mass is 9.67. The van der Waals surface area contributed by atoms with Gasteiger partial charge in [0.1, 0.15) is 0 Å². The Hall–Kier alpha value is -6.55. The fourth-order valence-electron chi connectivity index (χ4n) is 8.74. The molecule has 0 saturated carbocycles. The Morgan fingerprint density at radius 3 is 1.72 bits per heavy atom. The molecule has 0 atom stereocenters. The van der Waals surface area contributed by atoms with Crippen molar-refractivity contribution >= 4 is 22.5 Å². The summed E-state index contributed by atoms with van der Waals surface area (Å²) in [4.78, 5) is 13.1. The van der Waals surface area contributed by atoms with Crippen molar-refractivity contribution in [1.82, 2.24) is 9.97 Å². The average molecular weight is 705 g/mol. The minimum Gasteiger partial charge on any atom is -0.228 e. The zero-order valence-corrected chi connectivity index (χ0v) is 30.1. The van der Waals surface area contributed by atoms with E-state index in [9.17, 15) is 0 Å². The molecule has 252 valence electrons. The average Bonchev–Trinajstić information content (AvgIpc) is 3.54. The number of fused-ring (bicyclic) bond motifs is 11. The summed E-state index contributed by atoms with van der Waals surface area (Å²) in [6.45, 7) is 0. The molecule has 1 spiro atoms. The summed E-state index contributed by atoms with van der Waals surface area (Å²) in [6.07, 6.45) is 0. The van der Waals surface area contributed by atoms with Crippen LogP contribution < -0.4 is 0 Å². The smallest absolute Gasteiger partial charge is 0.160 e. The van der Waals surface area contributed by atoms with Gasteiger partial charge in [-0.05, 0) is 73.5 Å². The normalized spacial score (nSPS) is 13.3. The van der Waals surface area contributed by atoms with Crippen molar-refractivity contribution in [3.63, 3.8) is 0 Å². The van der Waals surface area contributed by atoms with Gasteiger partial charge in [0.2, 0.25) is 0 Å². The van der Waals surface area contributed by atoms with E-state index < -0.39 is 5.41 Å². The monoisotopic (exact) mass is 704 g/mol. The Morgan fingerprint density at radius 2 is 0.963 bits per heavy atom. The van der Waals surface area contributed by atoms with E-state index in [1.54, 1.807) is 0 Å². The molecule has 0 unspecified atom stereocenters. The maximum Gasteiger partial charge on any atom is 0.160 e. The minimum absolute atomic E-state index is 0.457. The molecule has 9 aromatic rings. The first-order chi connectivity index (χ1) is 26.8. The van der Waals surface area contributed by atoms with Gasteiger partial charge in [-0.25, -0.2) is 9.97 Å². The van der Waals surface area contributed by atoms with Crippen molar-refractivity contribution in [1.29, 1.82) is 0 Å². The summed E-state index contributed by atoms with van der Waals surface area (Å²) in [5, 5.41) is 2.53. The summed E-state index contributed by atoms with van der Waals surface area (Å²) < 4.78 is 0. The van der Waals surface area contributed by atoms with E-state index in [0.717, 1.165) is 33.6 Å². The van der Waals surface area contributed by atoms with Gasteiger partial charge in [-0.2, -0.15) is 0 Å². The van der Waals surface area contributed by atoms with Gasteiger partial charge in [0.25, 0.3) is 0 Å². The van der Waals surface area contributed by atoms with Crippen LogP contribution in [0.25, 0.3) is 66.9 Å². The van der Waals surface area contributed by atoms with Crippen molar-refractivity contribution in [2.45, 2.75) is 15.2 Å². The second kappa shape index (κ2) is 12.3. The number of hydrogen-bond donors (Lipinski definition) is 0. The van der Waals surface area contributed by atoms with E-state index in [2.05, 4.69) is 188 Å². The first kappa shape index (κ1) is 31.0. The molecule has 1 aliphatic carbocycles. The Bertz CT molecular complexity index is 2870. The molecule has 54 heavy (non-hydrogen) atoms. The van der Waals surface area contributed by atoms with Crippen LogP contribution in [0.5, 0.6) is 0 Å². The van der Waals surface area contributed by atoms with Gasteiger partial charge in [0, 0.05) is 26.5 Å². The number of hydrogen-bond acceptors (Lipinski definition) is 3. The lowest BCUT2D eigenvalue weighted by Gasteiger charge is -2.40. The van der Waals surface area contributed by atoms with Crippen LogP contribution in [-0.4, -0.2) is 9.97 Å². The van der Waals surface area contributed by atoms with E-state index in [1.807, 2.05) is 17.8 Å². The van der Waals surface area contributed by atoms with E-state index in [-0.39, 0.29) is 0 Å². The predicted molar refractivity (Wildman–Crippen MR) is 223 cm³/mol. The molecule has 1 aromatic heterocycles. The number of rotatable bonds is 4. The Labute approximate surface area is 318 Å². The second-order valence-electron chi connectivity index (χ2n) is 14.1. The number of aromatic nitrogens is 2. The SMILES string of the molecule is c1ccc(-c2cccc(-c3cc(-c4ccccc4)nc(-c4ccc5c(c4)Sc4c(ccc6ccccc46)C54c5ccccc5-c5ccccc54)n3)c2)cc1. The molecule has 2 aliphatic rings. The molecule has 0 bridgehead atoms. The molecule has 2 nitrogen and oxygen atoms in total. The first-order valence-electron chi connectivity index (χ1n) is 18.4.